The van der Waals surface area contributed by atoms with Crippen LogP contribution in [-0.4, -0.2) is 53.2 Å². The molecule has 1 amide bonds. The number of pyridine rings is 2. The number of ether oxygens (including phenoxy) is 1. The van der Waals surface area contributed by atoms with E-state index in [1.54, 1.807) is 12.4 Å². The Bertz CT molecular complexity index is 1430. The number of hydrogen-bond acceptors (Lipinski definition) is 8. The van der Waals surface area contributed by atoms with Gasteiger partial charge in [-0.15, -0.1) is 0 Å². The van der Waals surface area contributed by atoms with E-state index >= 15 is 0 Å². The number of morpholine rings is 1. The molecule has 3 saturated heterocycles. The molecule has 2 N–H and O–H groups in total. The van der Waals surface area contributed by atoms with Crippen molar-refractivity contribution < 1.29 is 13.9 Å². The molecule has 4 aromatic rings. The first-order valence-corrected chi connectivity index (χ1v) is 11.7. The minimum atomic E-state index is 0.0198. The van der Waals surface area contributed by atoms with Gasteiger partial charge in [-0.3, -0.25) is 4.79 Å². The van der Waals surface area contributed by atoms with Crippen molar-refractivity contribution in [3.05, 3.63) is 36.7 Å². The smallest absolute Gasteiger partial charge is 0.229 e. The first kappa shape index (κ1) is 19.7. The molecule has 4 aliphatic rings. The van der Waals surface area contributed by atoms with Crippen LogP contribution in [0.15, 0.2) is 41.1 Å². The standard InChI is InChI=1S/C25H24N6O3/c1-26-23-18-9-27-22(30-24(32)13-2-3-13)8-17(18)19(10-28-23)25-29-20-6-14(4-5-21(20)34-25)31-11-15-7-16(12-31)33-15/h4-6,8-10,13,15-16H,2-3,7,11-12H2,1H3,(H,26,28)(H,27,30,32). The Kier molecular flexibility index (Phi) is 4.29. The largest absolute Gasteiger partial charge is 0.436 e. The number of nitrogens with one attached hydrogen (secondary N) is 2. The van der Waals surface area contributed by atoms with Gasteiger partial charge in [0.15, 0.2) is 5.58 Å². The highest BCUT2D eigenvalue weighted by atomic mass is 16.5. The molecule has 3 aromatic heterocycles. The van der Waals surface area contributed by atoms with Crippen LogP contribution in [0.3, 0.4) is 0 Å². The lowest BCUT2D eigenvalue weighted by Crippen LogP contribution is -2.57. The van der Waals surface area contributed by atoms with Crippen molar-refractivity contribution in [2.24, 2.45) is 5.92 Å². The van der Waals surface area contributed by atoms with Crippen molar-refractivity contribution in [1.29, 1.82) is 0 Å². The lowest BCUT2D eigenvalue weighted by Gasteiger charge is -2.48. The fraction of sp³-hybridized carbons (Fsp3) is 0.360. The van der Waals surface area contributed by atoms with Gasteiger partial charge in [0.1, 0.15) is 17.2 Å². The Morgan fingerprint density at radius 3 is 2.68 bits per heavy atom. The molecule has 9 nitrogen and oxygen atoms in total. The summed E-state index contributed by atoms with van der Waals surface area (Å²) >= 11 is 0. The molecule has 6 heterocycles. The second-order valence-corrected chi connectivity index (χ2v) is 9.34. The van der Waals surface area contributed by atoms with E-state index in [9.17, 15) is 4.79 Å². The summed E-state index contributed by atoms with van der Waals surface area (Å²) in [4.78, 5) is 28.4. The van der Waals surface area contributed by atoms with Crippen LogP contribution in [0.4, 0.5) is 17.3 Å². The summed E-state index contributed by atoms with van der Waals surface area (Å²) in [7, 11) is 1.82. The molecule has 1 saturated carbocycles. The SMILES string of the molecule is CNc1ncc(-c2nc3cc(N4CC5CC(C4)O5)ccc3o2)c2cc(NC(=O)C3CC3)ncc12. The minimum absolute atomic E-state index is 0.0198. The molecule has 2 bridgehead atoms. The third-order valence-corrected chi connectivity index (χ3v) is 6.93. The van der Waals surface area contributed by atoms with Crippen molar-refractivity contribution >= 4 is 45.1 Å². The Hall–Kier alpha value is -3.72. The number of anilines is 3. The quantitative estimate of drug-likeness (QED) is 0.467. The predicted octanol–water partition coefficient (Wildman–Crippen LogP) is 3.81. The number of carbonyl (C=O) groups excluding carboxylic acids is 1. The van der Waals surface area contributed by atoms with Crippen LogP contribution >= 0.6 is 0 Å². The van der Waals surface area contributed by atoms with Crippen molar-refractivity contribution in [3.63, 3.8) is 0 Å². The number of nitrogens with zero attached hydrogens (tertiary/aromatic N) is 4. The van der Waals surface area contributed by atoms with Crippen LogP contribution in [0.2, 0.25) is 0 Å². The normalized spacial score (nSPS) is 21.5. The van der Waals surface area contributed by atoms with Crippen molar-refractivity contribution in [2.75, 3.05) is 35.7 Å². The fourth-order valence-corrected chi connectivity index (χ4v) is 4.94. The highest BCUT2D eigenvalue weighted by molar-refractivity contribution is 6.03. The maximum Gasteiger partial charge on any atom is 0.229 e. The molecule has 34 heavy (non-hydrogen) atoms. The number of piperidine rings is 1. The predicted molar refractivity (Wildman–Crippen MR) is 129 cm³/mol. The Morgan fingerprint density at radius 1 is 1.09 bits per heavy atom. The van der Waals surface area contributed by atoms with Gasteiger partial charge in [0.2, 0.25) is 11.8 Å². The molecule has 2 unspecified atom stereocenters. The van der Waals surface area contributed by atoms with E-state index in [4.69, 9.17) is 14.1 Å². The number of carbonyl (C=O) groups is 1. The second kappa shape index (κ2) is 7.39. The average molecular weight is 457 g/mol. The summed E-state index contributed by atoms with van der Waals surface area (Å²) in [6.45, 7) is 1.82. The van der Waals surface area contributed by atoms with E-state index < -0.39 is 0 Å². The molecule has 172 valence electrons. The highest BCUT2D eigenvalue weighted by Gasteiger charge is 2.38. The van der Waals surface area contributed by atoms with Gasteiger partial charge in [-0.25, -0.2) is 15.0 Å². The van der Waals surface area contributed by atoms with E-state index in [0.717, 1.165) is 65.5 Å². The zero-order valence-electron chi connectivity index (χ0n) is 18.7. The maximum absolute atomic E-state index is 12.3. The number of oxazole rings is 1. The first-order valence-electron chi connectivity index (χ1n) is 11.7. The third-order valence-electron chi connectivity index (χ3n) is 6.93. The summed E-state index contributed by atoms with van der Waals surface area (Å²) in [5.74, 6) is 1.83. The minimum Gasteiger partial charge on any atom is -0.436 e. The lowest BCUT2D eigenvalue weighted by atomic mass is 9.98. The molecular weight excluding hydrogens is 432 g/mol. The molecule has 9 heteroatoms. The van der Waals surface area contributed by atoms with Crippen LogP contribution < -0.4 is 15.5 Å². The number of aromatic nitrogens is 3. The molecule has 1 aromatic carbocycles. The summed E-state index contributed by atoms with van der Waals surface area (Å²) in [5, 5.41) is 7.74. The van der Waals surface area contributed by atoms with Crippen LogP contribution in [0.5, 0.6) is 0 Å². The van der Waals surface area contributed by atoms with Gasteiger partial charge in [-0.2, -0.15) is 0 Å². The summed E-state index contributed by atoms with van der Waals surface area (Å²) in [6.07, 6.45) is 7.20. The summed E-state index contributed by atoms with van der Waals surface area (Å²) in [5.41, 5.74) is 3.41. The average Bonchev–Trinajstić information content (AvgIpc) is 3.62. The zero-order valence-corrected chi connectivity index (χ0v) is 18.7. The van der Waals surface area contributed by atoms with Gasteiger partial charge in [-0.05, 0) is 37.1 Å². The van der Waals surface area contributed by atoms with Gasteiger partial charge >= 0.3 is 0 Å². The fourth-order valence-electron chi connectivity index (χ4n) is 4.94. The molecule has 0 radical (unpaired) electrons. The summed E-state index contributed by atoms with van der Waals surface area (Å²) in [6, 6.07) is 8.00. The number of amides is 1. The molecule has 8 rings (SSSR count). The number of rotatable bonds is 5. The van der Waals surface area contributed by atoms with Crippen molar-refractivity contribution in [3.8, 4) is 11.5 Å². The van der Waals surface area contributed by atoms with Crippen molar-refractivity contribution in [1.82, 2.24) is 15.0 Å². The van der Waals surface area contributed by atoms with E-state index in [0.29, 0.717) is 29.7 Å². The third kappa shape index (κ3) is 3.27. The molecule has 1 aliphatic carbocycles. The van der Waals surface area contributed by atoms with Crippen LogP contribution in [0.25, 0.3) is 33.3 Å². The van der Waals surface area contributed by atoms with E-state index in [1.165, 1.54) is 0 Å². The Balaban J connectivity index is 1.28. The Morgan fingerprint density at radius 2 is 1.91 bits per heavy atom. The number of benzene rings is 1. The molecule has 4 fully saturated rings. The maximum atomic E-state index is 12.3. The van der Waals surface area contributed by atoms with E-state index in [1.807, 2.05) is 19.2 Å². The first-order chi connectivity index (χ1) is 16.6. The van der Waals surface area contributed by atoms with Gasteiger partial charge in [0.25, 0.3) is 0 Å². The van der Waals surface area contributed by atoms with Gasteiger partial charge in [-0.1, -0.05) is 0 Å². The molecule has 3 aliphatic heterocycles. The van der Waals surface area contributed by atoms with Gasteiger partial charge in [0.05, 0.1) is 17.8 Å². The number of hydrogen-bond donors (Lipinski definition) is 2. The van der Waals surface area contributed by atoms with Gasteiger partial charge in [0, 0.05) is 61.3 Å². The Labute approximate surface area is 195 Å². The summed E-state index contributed by atoms with van der Waals surface area (Å²) < 4.78 is 11.9. The molecule has 0 spiro atoms. The monoisotopic (exact) mass is 456 g/mol. The molecular formula is C25H24N6O3. The lowest BCUT2D eigenvalue weighted by molar-refractivity contribution is -0.133. The zero-order chi connectivity index (χ0) is 22.8. The van der Waals surface area contributed by atoms with E-state index in [2.05, 4.69) is 37.6 Å². The van der Waals surface area contributed by atoms with E-state index in [-0.39, 0.29) is 11.8 Å². The van der Waals surface area contributed by atoms with Crippen LogP contribution in [-0.2, 0) is 9.53 Å². The topological polar surface area (TPSA) is 105 Å². The van der Waals surface area contributed by atoms with Crippen LogP contribution in [0.1, 0.15) is 19.3 Å². The van der Waals surface area contributed by atoms with Crippen molar-refractivity contribution in [2.45, 2.75) is 31.5 Å². The van der Waals surface area contributed by atoms with Crippen LogP contribution in [0, 0.1) is 5.92 Å². The van der Waals surface area contributed by atoms with Gasteiger partial charge < -0.3 is 24.7 Å². The highest BCUT2D eigenvalue weighted by Crippen LogP contribution is 2.36. The molecule has 2 atom stereocenters. The number of fused-ring (bicyclic) bond motifs is 4. The second-order valence-electron chi connectivity index (χ2n) is 9.34.